The average Bonchev–Trinajstić information content (AvgIpc) is 1.69. The third-order valence-electron chi connectivity index (χ3n) is 24.3. The Kier molecular flexibility index (Phi) is 40.4. The van der Waals surface area contributed by atoms with Gasteiger partial charge in [-0.1, -0.05) is 12.8 Å². The Morgan fingerprint density at radius 2 is 0.638 bits per heavy atom. The van der Waals surface area contributed by atoms with E-state index in [1.165, 1.54) is 107 Å². The van der Waals surface area contributed by atoms with Gasteiger partial charge in [-0.05, 0) is 131 Å². The Labute approximate surface area is 858 Å². The number of carbonyl (C=O) groups excluding carboxylic acids is 19. The fourth-order valence-electron chi connectivity index (χ4n) is 16.8. The van der Waals surface area contributed by atoms with E-state index in [9.17, 15) is 91.1 Å². The van der Waals surface area contributed by atoms with E-state index < -0.39 is 59.8 Å². The Morgan fingerprint density at radius 3 is 1.11 bits per heavy atom. The van der Waals surface area contributed by atoms with Gasteiger partial charge in [0.2, 0.25) is 52.6 Å². The number of hydrogen-bond donors (Lipinski definition) is 11. The van der Waals surface area contributed by atoms with E-state index in [0.29, 0.717) is 89.4 Å². The van der Waals surface area contributed by atoms with E-state index in [2.05, 4.69) is 83.0 Å². The van der Waals surface area contributed by atoms with Crippen molar-refractivity contribution in [3.05, 3.63) is 208 Å². The first kappa shape index (κ1) is 113. The molecule has 0 unspecified atom stereocenters. The number of benzene rings is 1. The largest absolute Gasteiger partial charge is 0.389 e. The first-order valence-electron chi connectivity index (χ1n) is 49.0. The van der Waals surface area contributed by atoms with Crippen LogP contribution in [0.3, 0.4) is 0 Å². The molecule has 1 aromatic carbocycles. The molecular weight excluding hydrogens is 1920 g/mol. The van der Waals surface area contributed by atoms with Crippen LogP contribution in [0.15, 0.2) is 117 Å². The van der Waals surface area contributed by atoms with Crippen LogP contribution in [0.1, 0.15) is 273 Å². The Balaban J connectivity index is 0.527. The fraction of sp³-hybridized carbons (Fsp3) is 0.417. The lowest BCUT2D eigenvalue weighted by Crippen LogP contribution is -2.32. The number of hydrogen-bond acceptors (Lipinski definition) is 26. The van der Waals surface area contributed by atoms with Crippen molar-refractivity contribution >= 4 is 146 Å². The maximum Gasteiger partial charge on any atom is 0.291 e. The minimum Gasteiger partial charge on any atom is -0.389 e. The smallest absolute Gasteiger partial charge is 0.291 e. The van der Waals surface area contributed by atoms with Gasteiger partial charge in [0.1, 0.15) is 41.0 Å². The summed E-state index contributed by atoms with van der Waals surface area (Å²) in [5.74, 6) is -6.72. The van der Waals surface area contributed by atoms with Gasteiger partial charge in [0.15, 0.2) is 46.5 Å². The lowest BCUT2D eigenvalue weighted by molar-refractivity contribution is -0.122. The number of aromatic nitrogens is 15. The number of nitrogens with one attached hydrogen (secondary N) is 10. The van der Waals surface area contributed by atoms with Gasteiger partial charge in [-0.2, -0.15) is 0 Å². The third kappa shape index (κ3) is 33.4. The SMILES string of the molecule is CN(C)CCCCC(=O)CCCC(=O)c1cc(CC(=O)c2nc(CC(=O)c3nc(CC(=O)CCCC(=O)c4cc(CC(=O)c5nc(CC(=O)CCCNC(=O)c6cc(NC(=O)c7nc(NC(=O)CCNC(=O)c8cc(NC(=O)c9cc(NC(=O)c%10nc(NC(=O)CCNC(=O)CCNC(=O)c%11ccc(NC(=O)CCCCCCC(=O)CO)cc%11)cn%10C)cn9C)cn8C)cn7C)cn6C)cn5C)cn4C)cn3C)cn2C)cn1C. The molecule has 790 valence electrons. The molecule has 11 N–H and O–H groups in total. The number of anilines is 6. The molecule has 11 rings (SSSR count). The van der Waals surface area contributed by atoms with Gasteiger partial charge in [-0.3, -0.25) is 91.1 Å². The van der Waals surface area contributed by atoms with Gasteiger partial charge in [0, 0.05) is 253 Å². The highest BCUT2D eigenvalue weighted by molar-refractivity contribution is 6.09. The molecule has 0 bridgehead atoms. The van der Waals surface area contributed by atoms with E-state index in [0.717, 1.165) is 32.2 Å². The van der Waals surface area contributed by atoms with Crippen molar-refractivity contribution in [2.45, 2.75) is 161 Å². The maximum atomic E-state index is 13.7. The number of ketones is 9. The maximum absolute atomic E-state index is 13.7. The second kappa shape index (κ2) is 53.4. The minimum absolute atomic E-state index is 0.00490. The van der Waals surface area contributed by atoms with Crippen molar-refractivity contribution in [2.24, 2.45) is 70.5 Å². The summed E-state index contributed by atoms with van der Waals surface area (Å²) < 4.78 is 15.1. The van der Waals surface area contributed by atoms with Crippen LogP contribution in [0.5, 0.6) is 0 Å². The molecule has 0 aliphatic heterocycles. The Bertz CT molecular complexity index is 6840. The van der Waals surface area contributed by atoms with Gasteiger partial charge in [0.05, 0.1) is 64.8 Å². The van der Waals surface area contributed by atoms with Crippen molar-refractivity contribution in [2.75, 3.05) is 85.3 Å². The van der Waals surface area contributed by atoms with Crippen LogP contribution in [0, 0.1) is 0 Å². The predicted octanol–water partition coefficient (Wildman–Crippen LogP) is 7.08. The molecule has 0 atom stereocenters. The molecule has 149 heavy (non-hydrogen) atoms. The number of aryl methyl sites for hydroxylation is 10. The first-order chi connectivity index (χ1) is 71.0. The molecule has 0 spiro atoms. The molecule has 11 aromatic rings. The number of imidazole rings is 5. The summed E-state index contributed by atoms with van der Waals surface area (Å²) in [5.41, 5.74) is 5.01. The average molecular weight is 2050 g/mol. The predicted molar refractivity (Wildman–Crippen MR) is 547 cm³/mol. The molecular formula is C103H128N26O20. The van der Waals surface area contributed by atoms with Gasteiger partial charge in [-0.15, -0.1) is 0 Å². The summed E-state index contributed by atoms with van der Waals surface area (Å²) in [6.45, 7) is 0.411. The van der Waals surface area contributed by atoms with Crippen LogP contribution in [0.2, 0.25) is 0 Å². The van der Waals surface area contributed by atoms with Crippen LogP contribution < -0.4 is 53.2 Å². The number of carbonyl (C=O) groups is 19. The summed E-state index contributed by atoms with van der Waals surface area (Å²) >= 11 is 0. The Hall–Kier alpha value is -16.7. The van der Waals surface area contributed by atoms with Crippen LogP contribution >= 0.6 is 0 Å². The summed E-state index contributed by atoms with van der Waals surface area (Å²) in [6, 6.07) is 13.9. The van der Waals surface area contributed by atoms with Crippen molar-refractivity contribution in [3.8, 4) is 0 Å². The van der Waals surface area contributed by atoms with E-state index in [1.54, 1.807) is 125 Å². The molecule has 0 aliphatic rings. The lowest BCUT2D eigenvalue weighted by Gasteiger charge is -2.08. The van der Waals surface area contributed by atoms with E-state index in [-0.39, 0.29) is 255 Å². The van der Waals surface area contributed by atoms with E-state index in [1.807, 2.05) is 14.1 Å². The molecule has 10 aromatic heterocycles. The van der Waals surface area contributed by atoms with Crippen LogP contribution in [0.4, 0.5) is 34.4 Å². The zero-order chi connectivity index (χ0) is 108. The number of nitrogens with zero attached hydrogens (tertiary/aromatic N) is 16. The molecule has 46 nitrogen and oxygen atoms in total. The molecule has 46 heteroatoms. The lowest BCUT2D eigenvalue weighted by atomic mass is 10.0. The van der Waals surface area contributed by atoms with E-state index >= 15 is 0 Å². The van der Waals surface area contributed by atoms with Crippen LogP contribution in [0.25, 0.3) is 0 Å². The molecule has 10 heterocycles. The number of rotatable bonds is 61. The van der Waals surface area contributed by atoms with Crippen LogP contribution in [-0.2, 0) is 141 Å². The number of amides is 10. The molecule has 0 aliphatic carbocycles. The summed E-state index contributed by atoms with van der Waals surface area (Å²) in [5, 5.41) is 35.7. The van der Waals surface area contributed by atoms with Gasteiger partial charge < -0.3 is 109 Å². The van der Waals surface area contributed by atoms with Crippen molar-refractivity contribution in [1.29, 1.82) is 0 Å². The summed E-state index contributed by atoms with van der Waals surface area (Å²) in [4.78, 5) is 272. The topological polar surface area (TPSA) is 582 Å². The highest BCUT2D eigenvalue weighted by Gasteiger charge is 2.29. The standard InChI is InChI=1S/C103H128N26O20/c1-119(2)41-18-17-22-73(131)24-19-27-82(135)77-42-64(53-120(77)3)45-85(138)94-111-72(59-127(94)10)51-86(139)95-110-67(58-126(95)9)46-74(132)25-20-28-83(136)78-43-63(52-121(78)4)44-84(137)93-109-68(57-125(93)8)47-75(133)26-21-37-105-99(145)79-49-70(55-123(79)6)113-102(148)96-118-88(61-129(96)12)116-92(143)36-40-107-100(146)80-48-69(54-122(80)5)112-101(147)81-50-71(56-124(81)7)114-103(149)97-117-87(60-128(97)11)115-91(142)35-38-104-89(140)34-39-106-98(144)65-30-32-66(33-31-65)108-90(141)29-16-14-13-15-23-76(134)62-130/h30-33,42-43,48-50,52-61,130H,13-29,34-41,44-47,51,62H2,1-12H3,(H,104,140)(H,105,145)(H,106,144)(H,107,146)(H,108,141)(H,112,147)(H,113,148)(H,114,149)(H,115,142)(H,116,143). The van der Waals surface area contributed by atoms with Crippen LogP contribution in [-0.4, -0.2) is 245 Å². The summed E-state index contributed by atoms with van der Waals surface area (Å²) in [6.07, 6.45) is 22.0. The Morgan fingerprint density at radius 1 is 0.268 bits per heavy atom. The highest BCUT2D eigenvalue weighted by atomic mass is 16.3. The molecule has 10 amide bonds. The second-order valence-corrected chi connectivity index (χ2v) is 37.2. The molecule has 0 fully saturated rings. The van der Waals surface area contributed by atoms with Gasteiger partial charge >= 0.3 is 0 Å². The highest BCUT2D eigenvalue weighted by Crippen LogP contribution is 2.25. The second-order valence-electron chi connectivity index (χ2n) is 37.2. The zero-order valence-corrected chi connectivity index (χ0v) is 85.7. The first-order valence-corrected chi connectivity index (χ1v) is 49.0. The number of aliphatic hydroxyl groups is 1. The van der Waals surface area contributed by atoms with Gasteiger partial charge in [-0.25, -0.2) is 24.9 Å². The van der Waals surface area contributed by atoms with Crippen molar-refractivity contribution in [3.63, 3.8) is 0 Å². The number of aliphatic hydroxyl groups excluding tert-OH is 1. The zero-order valence-electron chi connectivity index (χ0n) is 85.7. The number of unbranched alkanes of at least 4 members (excludes halogenated alkanes) is 4. The monoisotopic (exact) mass is 2050 g/mol. The van der Waals surface area contributed by atoms with E-state index in [4.69, 9.17) is 5.11 Å². The third-order valence-corrected chi connectivity index (χ3v) is 24.3. The van der Waals surface area contributed by atoms with Gasteiger partial charge in [0.25, 0.3) is 35.4 Å². The van der Waals surface area contributed by atoms with Crippen molar-refractivity contribution < 1.29 is 96.2 Å². The molecule has 0 saturated carbocycles. The quantitative estimate of drug-likeness (QED) is 0.0134. The molecule has 0 saturated heterocycles. The fourth-order valence-corrected chi connectivity index (χ4v) is 16.8. The normalized spacial score (nSPS) is 11.2. The number of Topliss-reactive ketones (excluding diaryl/α,β-unsaturated/α-hetero) is 9. The minimum atomic E-state index is -0.675. The summed E-state index contributed by atoms with van der Waals surface area (Å²) in [7, 11) is 20.2. The van der Waals surface area contributed by atoms with Crippen molar-refractivity contribution in [1.82, 2.24) is 96.8 Å². The molecule has 0 radical (unpaired) electrons.